The second-order valence-corrected chi connectivity index (χ2v) is 17.4. The van der Waals surface area contributed by atoms with E-state index < -0.39 is 23.5 Å². The van der Waals surface area contributed by atoms with Gasteiger partial charge in [-0.25, -0.2) is 10.4 Å². The third kappa shape index (κ3) is 7.94. The minimum Gasteiger partial charge on any atom is -0.464 e. The number of cyclic esters (lactones) is 1. The van der Waals surface area contributed by atoms with Gasteiger partial charge in [-0.05, 0) is 74.8 Å². The molecule has 1 aromatic carbocycles. The van der Waals surface area contributed by atoms with E-state index in [9.17, 15) is 14.4 Å². The molecular formula is C42H54N6O6S. The summed E-state index contributed by atoms with van der Waals surface area (Å²) >= 11 is 1.48. The van der Waals surface area contributed by atoms with Gasteiger partial charge in [-0.1, -0.05) is 33.8 Å². The number of hydrogen-bond donors (Lipinski definition) is 2. The Kier molecular flexibility index (Phi) is 11.2. The number of rotatable bonds is 8. The normalized spacial score (nSPS) is 25.2. The lowest BCUT2D eigenvalue weighted by Gasteiger charge is -2.35. The summed E-state index contributed by atoms with van der Waals surface area (Å²) in [6.45, 7) is 13.6. The van der Waals surface area contributed by atoms with Crippen LogP contribution in [0.4, 0.5) is 0 Å². The molecule has 7 atom stereocenters. The Morgan fingerprint density at radius 2 is 1.93 bits per heavy atom. The van der Waals surface area contributed by atoms with Gasteiger partial charge < -0.3 is 24.1 Å². The van der Waals surface area contributed by atoms with Crippen LogP contribution in [0.2, 0.25) is 0 Å². The van der Waals surface area contributed by atoms with Gasteiger partial charge in [0.25, 0.3) is 5.91 Å². The fourth-order valence-electron chi connectivity index (χ4n) is 8.16. The average molecular weight is 771 g/mol. The highest BCUT2D eigenvalue weighted by molar-refractivity contribution is 7.10. The number of esters is 1. The highest BCUT2D eigenvalue weighted by Crippen LogP contribution is 2.46. The molecule has 2 amide bonds. The number of hydrogen-bond acceptors (Lipinski definition) is 10. The molecule has 1 saturated carbocycles. The van der Waals surface area contributed by atoms with Crippen molar-refractivity contribution in [1.82, 2.24) is 30.3 Å². The van der Waals surface area contributed by atoms with Crippen molar-refractivity contribution in [3.8, 4) is 22.5 Å². The topological polar surface area (TPSA) is 137 Å². The Hall–Kier alpha value is -4.17. The van der Waals surface area contributed by atoms with Crippen molar-refractivity contribution in [1.29, 1.82) is 0 Å². The van der Waals surface area contributed by atoms with Gasteiger partial charge in [-0.2, -0.15) is 0 Å². The SMILES string of the molecule is CO[C@@H](C)c1ncccc1-c1c2c3cc(ccc3n1C[C@H](C)OC)-c1csc(n1)C[C@H](NC(=O)[C@H]1[C@H](C)[C@@H]1C)C(=O)N1CCC[C@H](N1)C(=O)OCC(C)(C)C2. The lowest BCUT2D eigenvalue weighted by atomic mass is 9.84. The third-order valence-corrected chi connectivity index (χ3v) is 12.7. The van der Waals surface area contributed by atoms with E-state index in [0.717, 1.165) is 49.7 Å². The van der Waals surface area contributed by atoms with Gasteiger partial charge in [0.15, 0.2) is 0 Å². The van der Waals surface area contributed by atoms with Crippen LogP contribution in [-0.4, -0.2) is 82.9 Å². The average Bonchev–Trinajstić information content (AvgIpc) is 3.45. The summed E-state index contributed by atoms with van der Waals surface area (Å²) in [4.78, 5) is 51.1. The predicted octanol–water partition coefficient (Wildman–Crippen LogP) is 6.12. The van der Waals surface area contributed by atoms with E-state index in [-0.39, 0.29) is 54.8 Å². The fraction of sp³-hybridized carbons (Fsp3) is 0.548. The minimum atomic E-state index is -0.844. The number of fused-ring (bicyclic) bond motifs is 6. The van der Waals surface area contributed by atoms with Crippen molar-refractivity contribution in [2.24, 2.45) is 23.2 Å². The number of thiazole rings is 1. The first-order valence-corrected chi connectivity index (χ1v) is 20.3. The highest BCUT2D eigenvalue weighted by Gasteiger charge is 2.49. The second-order valence-electron chi connectivity index (χ2n) is 16.4. The van der Waals surface area contributed by atoms with E-state index in [2.05, 4.69) is 74.2 Å². The Bertz CT molecular complexity index is 2070. The molecule has 6 bridgehead atoms. The number of methoxy groups -OCH3 is 2. The van der Waals surface area contributed by atoms with Gasteiger partial charge >= 0.3 is 5.97 Å². The van der Waals surface area contributed by atoms with Crippen molar-refractivity contribution in [3.63, 3.8) is 0 Å². The van der Waals surface area contributed by atoms with Crippen molar-refractivity contribution in [2.75, 3.05) is 27.4 Å². The first-order chi connectivity index (χ1) is 26.3. The van der Waals surface area contributed by atoms with Crippen LogP contribution in [0.5, 0.6) is 0 Å². The smallest absolute Gasteiger partial charge is 0.324 e. The monoisotopic (exact) mass is 770 g/mol. The molecule has 5 heterocycles. The zero-order valence-corrected chi connectivity index (χ0v) is 34.0. The standard InChI is InChI=1S/C42H54N6O6S/c1-23(52-7)20-47-34-14-13-27-17-29(34)30(38(47)28-11-9-15-43-37(28)26(4)53-8)19-42(5,6)22-54-41(51)31-12-10-16-48(46-31)40(50)32(18-35-44-33(27)21-55-35)45-39(49)36-24(2)25(36)3/h9,11,13-15,17,21,23-26,31-32,36,46H,10,12,16,18-20,22H2,1-8H3,(H,45,49)/t23-,24-,25+,26-,31-,32-,36+/m0/s1. The molecule has 2 fully saturated rings. The minimum absolute atomic E-state index is 0.0866. The van der Waals surface area contributed by atoms with Crippen molar-refractivity contribution in [3.05, 3.63) is 58.2 Å². The van der Waals surface area contributed by atoms with Gasteiger partial charge in [0.1, 0.15) is 12.1 Å². The zero-order chi connectivity index (χ0) is 39.2. The number of carbonyl (C=O) groups excluding carboxylic acids is 3. The Balaban J connectivity index is 1.38. The molecule has 0 unspecified atom stereocenters. The first kappa shape index (κ1) is 39.1. The molecule has 1 aliphatic carbocycles. The maximum atomic E-state index is 14.1. The molecule has 1 saturated heterocycles. The fourth-order valence-corrected chi connectivity index (χ4v) is 9.02. The lowest BCUT2D eigenvalue weighted by Crippen LogP contribution is -2.60. The van der Waals surface area contributed by atoms with E-state index in [0.29, 0.717) is 32.4 Å². The van der Waals surface area contributed by atoms with Crippen LogP contribution < -0.4 is 10.7 Å². The van der Waals surface area contributed by atoms with Gasteiger partial charge in [-0.15, -0.1) is 11.3 Å². The van der Waals surface area contributed by atoms with E-state index in [4.69, 9.17) is 24.2 Å². The van der Waals surface area contributed by atoms with Crippen LogP contribution in [0.25, 0.3) is 33.4 Å². The first-order valence-electron chi connectivity index (χ1n) is 19.5. The Morgan fingerprint density at radius 1 is 1.15 bits per heavy atom. The number of ether oxygens (including phenoxy) is 3. The van der Waals surface area contributed by atoms with E-state index in [1.165, 1.54) is 16.3 Å². The molecule has 55 heavy (non-hydrogen) atoms. The van der Waals surface area contributed by atoms with Gasteiger partial charge in [0.2, 0.25) is 5.91 Å². The van der Waals surface area contributed by atoms with E-state index >= 15 is 0 Å². The number of carbonyl (C=O) groups is 3. The lowest BCUT2D eigenvalue weighted by molar-refractivity contribution is -0.155. The second kappa shape index (κ2) is 15.8. The molecule has 2 aliphatic heterocycles. The summed E-state index contributed by atoms with van der Waals surface area (Å²) in [5.74, 6) is -0.409. The zero-order valence-electron chi connectivity index (χ0n) is 33.2. The Morgan fingerprint density at radius 3 is 2.65 bits per heavy atom. The summed E-state index contributed by atoms with van der Waals surface area (Å²) < 4.78 is 20.1. The number of benzene rings is 1. The van der Waals surface area contributed by atoms with Gasteiger partial charge in [-0.3, -0.25) is 24.4 Å². The molecule has 12 nitrogen and oxygen atoms in total. The number of aromatic nitrogens is 3. The third-order valence-electron chi connectivity index (χ3n) is 11.8. The number of nitrogens with zero attached hydrogens (tertiary/aromatic N) is 4. The summed E-state index contributed by atoms with van der Waals surface area (Å²) in [6, 6.07) is 8.95. The maximum Gasteiger partial charge on any atom is 0.324 e. The molecule has 2 N–H and O–H groups in total. The van der Waals surface area contributed by atoms with Crippen molar-refractivity contribution >= 4 is 40.0 Å². The molecule has 4 aromatic rings. The number of hydrazine groups is 1. The largest absolute Gasteiger partial charge is 0.464 e. The summed E-state index contributed by atoms with van der Waals surface area (Å²) in [7, 11) is 3.42. The van der Waals surface area contributed by atoms with Crippen molar-refractivity contribution < 1.29 is 28.6 Å². The molecule has 0 radical (unpaired) electrons. The van der Waals surface area contributed by atoms with Gasteiger partial charge in [0, 0.05) is 78.7 Å². The van der Waals surface area contributed by atoms with Crippen LogP contribution in [0.1, 0.15) is 76.8 Å². The quantitative estimate of drug-likeness (QED) is 0.203. The predicted molar refractivity (Wildman–Crippen MR) is 212 cm³/mol. The summed E-state index contributed by atoms with van der Waals surface area (Å²) in [6.07, 6.45) is 3.43. The number of nitrogens with one attached hydrogen (secondary N) is 2. The number of amides is 2. The van der Waals surface area contributed by atoms with Crippen LogP contribution >= 0.6 is 11.3 Å². The summed E-state index contributed by atoms with van der Waals surface area (Å²) in [5.41, 5.74) is 9.38. The van der Waals surface area contributed by atoms with E-state index in [1.54, 1.807) is 20.4 Å². The summed E-state index contributed by atoms with van der Waals surface area (Å²) in [5, 5.41) is 8.38. The molecule has 13 heteroatoms. The molecule has 0 spiro atoms. The van der Waals surface area contributed by atoms with Crippen LogP contribution in [0.15, 0.2) is 41.9 Å². The van der Waals surface area contributed by atoms with Crippen LogP contribution in [0.3, 0.4) is 0 Å². The molecular weight excluding hydrogens is 717 g/mol. The van der Waals surface area contributed by atoms with E-state index in [1.807, 2.05) is 18.4 Å². The van der Waals surface area contributed by atoms with Gasteiger partial charge in [0.05, 0.1) is 40.9 Å². The molecule has 7 rings (SSSR count). The number of pyridine rings is 1. The molecule has 3 aromatic heterocycles. The maximum absolute atomic E-state index is 14.1. The molecule has 294 valence electrons. The van der Waals surface area contributed by atoms with Crippen LogP contribution in [-0.2, 0) is 48.0 Å². The van der Waals surface area contributed by atoms with Crippen molar-refractivity contribution in [2.45, 2.75) is 98.1 Å². The highest BCUT2D eigenvalue weighted by atomic mass is 32.1. The Labute approximate surface area is 327 Å². The van der Waals surface area contributed by atoms with Crippen LogP contribution in [0, 0.1) is 23.2 Å². The molecule has 3 aliphatic rings.